The fraction of sp³-hybridized carbons (Fsp3) is 0.500. The van der Waals surface area contributed by atoms with Gasteiger partial charge in [-0.1, -0.05) is 62.3 Å². The standard InChI is InChI=1S/C28H38N2O4Si/c1-28(2,3)26(34-35(4)5)24-21(20-9-7-6-8-10-20)12-13-22-23(29-33-25(22)24)14-11-19-15-17-30(18-16-19)27(31)32/h6-10,12-13,19,26,35H,11,14-18H2,1-5H3,(H,31,32). The molecule has 0 aliphatic carbocycles. The van der Waals surface area contributed by atoms with Crippen molar-refractivity contribution in [2.75, 3.05) is 13.1 Å². The SMILES string of the molecule is C[SiH](C)OC(c1c(-c2ccccc2)ccc2c(CCC3CCN(C(=O)O)CC3)noc12)C(C)(C)C. The van der Waals surface area contributed by atoms with Crippen molar-refractivity contribution in [1.82, 2.24) is 10.1 Å². The van der Waals surface area contributed by atoms with Crippen LogP contribution in [0.5, 0.6) is 0 Å². The number of nitrogens with zero attached hydrogens (tertiary/aromatic N) is 2. The number of rotatable bonds is 7. The van der Waals surface area contributed by atoms with Crippen molar-refractivity contribution in [2.45, 2.75) is 65.7 Å². The van der Waals surface area contributed by atoms with E-state index in [2.05, 4.69) is 75.4 Å². The van der Waals surface area contributed by atoms with Gasteiger partial charge >= 0.3 is 6.09 Å². The normalized spacial score (nSPS) is 16.2. The molecule has 0 saturated carbocycles. The Balaban J connectivity index is 1.68. The maximum atomic E-state index is 11.2. The van der Waals surface area contributed by atoms with Gasteiger partial charge in [-0.15, -0.1) is 0 Å². The van der Waals surface area contributed by atoms with E-state index in [1.54, 1.807) is 0 Å². The highest BCUT2D eigenvalue weighted by Gasteiger charge is 2.34. The van der Waals surface area contributed by atoms with E-state index >= 15 is 0 Å². The lowest BCUT2D eigenvalue weighted by atomic mass is 9.81. The van der Waals surface area contributed by atoms with Crippen LogP contribution in [0.3, 0.4) is 0 Å². The third-order valence-electron chi connectivity index (χ3n) is 6.97. The number of aryl methyl sites for hydroxylation is 1. The Morgan fingerprint density at radius 3 is 2.46 bits per heavy atom. The Hall–Kier alpha value is -2.64. The van der Waals surface area contributed by atoms with Crippen LogP contribution in [0.2, 0.25) is 13.1 Å². The van der Waals surface area contributed by atoms with Crippen LogP contribution < -0.4 is 0 Å². The zero-order chi connectivity index (χ0) is 25.2. The van der Waals surface area contributed by atoms with Crippen LogP contribution in [0.25, 0.3) is 22.1 Å². The van der Waals surface area contributed by atoms with E-state index in [0.29, 0.717) is 19.0 Å². The Morgan fingerprint density at radius 1 is 1.17 bits per heavy atom. The average molecular weight is 495 g/mol. The molecule has 1 atom stereocenters. The quantitative estimate of drug-likeness (QED) is 0.361. The monoisotopic (exact) mass is 494 g/mol. The molecule has 0 radical (unpaired) electrons. The van der Waals surface area contributed by atoms with Gasteiger partial charge in [0.1, 0.15) is 0 Å². The highest BCUT2D eigenvalue weighted by molar-refractivity contribution is 6.48. The highest BCUT2D eigenvalue weighted by Crippen LogP contribution is 2.45. The van der Waals surface area contributed by atoms with Crippen molar-refractivity contribution in [3.63, 3.8) is 0 Å². The Morgan fingerprint density at radius 2 is 1.86 bits per heavy atom. The van der Waals surface area contributed by atoms with Gasteiger partial charge in [0.15, 0.2) is 14.6 Å². The molecular weight excluding hydrogens is 456 g/mol. The largest absolute Gasteiger partial charge is 0.465 e. The van der Waals surface area contributed by atoms with Crippen molar-refractivity contribution in [3.05, 3.63) is 53.7 Å². The molecule has 1 aliphatic rings. The van der Waals surface area contributed by atoms with Crippen molar-refractivity contribution >= 4 is 26.1 Å². The van der Waals surface area contributed by atoms with Crippen molar-refractivity contribution in [1.29, 1.82) is 0 Å². The Bertz CT molecular complexity index is 1140. The molecule has 1 unspecified atom stereocenters. The zero-order valence-corrected chi connectivity index (χ0v) is 22.7. The minimum Gasteiger partial charge on any atom is -0.465 e. The number of likely N-dealkylation sites (tertiary alicyclic amines) is 1. The van der Waals surface area contributed by atoms with Crippen LogP contribution in [-0.4, -0.2) is 43.4 Å². The van der Waals surface area contributed by atoms with Gasteiger partial charge in [-0.3, -0.25) is 0 Å². The molecule has 6 nitrogen and oxygen atoms in total. The lowest BCUT2D eigenvalue weighted by molar-refractivity contribution is 0.0872. The molecule has 3 aromatic rings. The first-order valence-corrected chi connectivity index (χ1v) is 15.5. The van der Waals surface area contributed by atoms with Crippen molar-refractivity contribution in [3.8, 4) is 11.1 Å². The lowest BCUT2D eigenvalue weighted by Crippen LogP contribution is -2.37. The van der Waals surface area contributed by atoms with E-state index in [4.69, 9.17) is 8.95 Å². The summed E-state index contributed by atoms with van der Waals surface area (Å²) < 4.78 is 12.8. The summed E-state index contributed by atoms with van der Waals surface area (Å²) in [6, 6.07) is 14.8. The van der Waals surface area contributed by atoms with Gasteiger partial charge in [0, 0.05) is 24.0 Å². The van der Waals surface area contributed by atoms with E-state index in [-0.39, 0.29) is 11.5 Å². The topological polar surface area (TPSA) is 75.8 Å². The molecule has 188 valence electrons. The smallest absolute Gasteiger partial charge is 0.407 e. The Kier molecular flexibility index (Phi) is 7.67. The van der Waals surface area contributed by atoms with Crippen LogP contribution in [0.1, 0.15) is 57.4 Å². The van der Waals surface area contributed by atoms with Gasteiger partial charge < -0.3 is 19.0 Å². The predicted molar refractivity (Wildman–Crippen MR) is 142 cm³/mol. The number of hydrogen-bond donors (Lipinski definition) is 1. The number of piperidine rings is 1. The second-order valence-corrected chi connectivity index (χ2v) is 13.5. The third-order valence-corrected chi connectivity index (χ3v) is 7.79. The summed E-state index contributed by atoms with van der Waals surface area (Å²) in [5.74, 6) is 0.512. The summed E-state index contributed by atoms with van der Waals surface area (Å²) in [6.07, 6.45) is 2.72. The molecule has 0 spiro atoms. The summed E-state index contributed by atoms with van der Waals surface area (Å²) in [7, 11) is -1.34. The number of aromatic nitrogens is 1. The fourth-order valence-corrected chi connectivity index (χ4v) is 6.20. The predicted octanol–water partition coefficient (Wildman–Crippen LogP) is 6.90. The second-order valence-electron chi connectivity index (χ2n) is 11.1. The van der Waals surface area contributed by atoms with Gasteiger partial charge in [0.25, 0.3) is 0 Å². The molecule has 1 saturated heterocycles. The Labute approximate surface area is 210 Å². The van der Waals surface area contributed by atoms with Crippen LogP contribution >= 0.6 is 0 Å². The molecular formula is C28H38N2O4Si. The van der Waals surface area contributed by atoms with Crippen LogP contribution in [0.4, 0.5) is 4.79 Å². The summed E-state index contributed by atoms with van der Waals surface area (Å²) in [4.78, 5) is 12.7. The van der Waals surface area contributed by atoms with E-state index in [0.717, 1.165) is 59.0 Å². The number of amides is 1. The van der Waals surface area contributed by atoms with E-state index in [9.17, 15) is 9.90 Å². The van der Waals surface area contributed by atoms with Gasteiger partial charge in [0.05, 0.1) is 11.8 Å². The van der Waals surface area contributed by atoms with E-state index in [1.165, 1.54) is 4.90 Å². The summed E-state index contributed by atoms with van der Waals surface area (Å²) in [5.41, 5.74) is 5.08. The fourth-order valence-electron chi connectivity index (χ4n) is 5.12. The molecule has 0 bridgehead atoms. The molecule has 1 fully saturated rings. The molecule has 35 heavy (non-hydrogen) atoms. The van der Waals surface area contributed by atoms with Gasteiger partial charge in [-0.05, 0) is 67.3 Å². The number of fused-ring (bicyclic) bond motifs is 1. The summed E-state index contributed by atoms with van der Waals surface area (Å²) in [6.45, 7) is 12.3. The van der Waals surface area contributed by atoms with Crippen LogP contribution in [-0.2, 0) is 10.8 Å². The molecule has 2 aromatic carbocycles. The van der Waals surface area contributed by atoms with E-state index in [1.807, 2.05) is 6.07 Å². The van der Waals surface area contributed by atoms with Crippen LogP contribution in [0, 0.1) is 11.3 Å². The number of benzene rings is 2. The molecule has 1 aliphatic heterocycles. The van der Waals surface area contributed by atoms with Gasteiger partial charge in [-0.25, -0.2) is 4.79 Å². The molecule has 1 N–H and O–H groups in total. The average Bonchev–Trinajstić information content (AvgIpc) is 3.24. The maximum Gasteiger partial charge on any atom is 0.407 e. The second kappa shape index (κ2) is 10.5. The van der Waals surface area contributed by atoms with E-state index < -0.39 is 15.1 Å². The first kappa shape index (κ1) is 25.4. The minimum atomic E-state index is -1.34. The zero-order valence-electron chi connectivity index (χ0n) is 21.6. The van der Waals surface area contributed by atoms with Crippen molar-refractivity contribution in [2.24, 2.45) is 11.3 Å². The maximum absolute atomic E-state index is 11.2. The summed E-state index contributed by atoms with van der Waals surface area (Å²) >= 11 is 0. The van der Waals surface area contributed by atoms with Gasteiger partial charge in [-0.2, -0.15) is 0 Å². The molecule has 1 amide bonds. The molecule has 4 rings (SSSR count). The van der Waals surface area contributed by atoms with Gasteiger partial charge in [0.2, 0.25) is 0 Å². The molecule has 2 heterocycles. The third kappa shape index (κ3) is 5.78. The first-order valence-electron chi connectivity index (χ1n) is 12.7. The molecule has 7 heteroatoms. The van der Waals surface area contributed by atoms with Crippen LogP contribution in [0.15, 0.2) is 47.0 Å². The first-order chi connectivity index (χ1) is 16.6. The number of carbonyl (C=O) groups is 1. The van der Waals surface area contributed by atoms with Crippen molar-refractivity contribution < 1.29 is 18.9 Å². The minimum absolute atomic E-state index is 0.103. The number of carboxylic acid groups (broad SMARTS) is 1. The summed E-state index contributed by atoms with van der Waals surface area (Å²) in [5, 5.41) is 14.8. The lowest BCUT2D eigenvalue weighted by Gasteiger charge is -2.34. The molecule has 1 aromatic heterocycles. The highest BCUT2D eigenvalue weighted by atomic mass is 28.3. The number of hydrogen-bond acceptors (Lipinski definition) is 4.